The van der Waals surface area contributed by atoms with E-state index in [9.17, 15) is 0 Å². The number of nitrogens with zero attached hydrogens (tertiary/aromatic N) is 1. The highest BCUT2D eigenvalue weighted by atomic mass is 32.2. The predicted molar refractivity (Wildman–Crippen MR) is 79.2 cm³/mol. The molecule has 1 N–H and O–H groups in total. The van der Waals surface area contributed by atoms with Crippen LogP contribution in [-0.4, -0.2) is 31.9 Å². The molecule has 0 aliphatic carbocycles. The molecule has 0 amide bonds. The molecule has 96 valence electrons. The highest BCUT2D eigenvalue weighted by Gasteiger charge is 2.22. The van der Waals surface area contributed by atoms with Crippen molar-refractivity contribution in [2.75, 3.05) is 36.8 Å². The molecule has 0 bridgehead atoms. The zero-order valence-electron chi connectivity index (χ0n) is 10.7. The summed E-state index contributed by atoms with van der Waals surface area (Å²) in [6.07, 6.45) is 2.58. The van der Waals surface area contributed by atoms with Gasteiger partial charge in [0.25, 0.3) is 0 Å². The van der Waals surface area contributed by atoms with E-state index in [2.05, 4.69) is 40.2 Å². The Morgan fingerprint density at radius 1 is 1.22 bits per heavy atom. The topological polar surface area (TPSA) is 15.3 Å². The molecule has 1 atom stereocenters. The van der Waals surface area contributed by atoms with E-state index < -0.39 is 0 Å². The maximum absolute atomic E-state index is 3.59. The lowest BCUT2D eigenvalue weighted by molar-refractivity contribution is 0.585. The van der Waals surface area contributed by atoms with Crippen molar-refractivity contribution in [2.45, 2.75) is 18.8 Å². The van der Waals surface area contributed by atoms with E-state index in [0.29, 0.717) is 5.92 Å². The third-order valence-corrected chi connectivity index (χ3v) is 4.68. The Kier molecular flexibility index (Phi) is 4.11. The zero-order chi connectivity index (χ0) is 12.2. The van der Waals surface area contributed by atoms with Crippen LogP contribution in [0.3, 0.4) is 0 Å². The molecule has 18 heavy (non-hydrogen) atoms. The minimum Gasteiger partial charge on any atom is -0.369 e. The van der Waals surface area contributed by atoms with Gasteiger partial charge in [0.05, 0.1) is 5.75 Å². The summed E-state index contributed by atoms with van der Waals surface area (Å²) < 4.78 is 0. The van der Waals surface area contributed by atoms with E-state index in [1.54, 1.807) is 0 Å². The summed E-state index contributed by atoms with van der Waals surface area (Å²) in [6.45, 7) is 4.44. The van der Waals surface area contributed by atoms with Crippen LogP contribution in [-0.2, 0) is 0 Å². The predicted octanol–water partition coefficient (Wildman–Crippen LogP) is 2.75. The molecular formula is C15H20N2S. The Bertz CT molecular complexity index is 345. The summed E-state index contributed by atoms with van der Waals surface area (Å²) >= 11 is 1.87. The average Bonchev–Trinajstić information content (AvgIpc) is 2.49. The SMILES string of the molecule is [C]1SCCCC1c1ccccc1N1CCNCC1. The first-order valence-corrected chi connectivity index (χ1v) is 7.85. The number of rotatable bonds is 2. The number of benzene rings is 1. The molecule has 0 aromatic heterocycles. The number of hydrogen-bond acceptors (Lipinski definition) is 3. The molecule has 1 aromatic rings. The van der Waals surface area contributed by atoms with Crippen molar-refractivity contribution >= 4 is 17.4 Å². The summed E-state index contributed by atoms with van der Waals surface area (Å²) in [5.74, 6) is 5.35. The molecule has 2 nitrogen and oxygen atoms in total. The van der Waals surface area contributed by atoms with Gasteiger partial charge in [-0.2, -0.15) is 11.8 Å². The highest BCUT2D eigenvalue weighted by Crippen LogP contribution is 2.39. The molecule has 2 radical (unpaired) electrons. The molecule has 1 unspecified atom stereocenters. The molecule has 0 spiro atoms. The first-order chi connectivity index (χ1) is 8.95. The van der Waals surface area contributed by atoms with Crippen molar-refractivity contribution in [2.24, 2.45) is 0 Å². The Morgan fingerprint density at radius 3 is 2.83 bits per heavy atom. The molecular weight excluding hydrogens is 240 g/mol. The minimum atomic E-state index is 0.523. The molecule has 2 aliphatic heterocycles. The maximum atomic E-state index is 3.59. The van der Waals surface area contributed by atoms with Crippen LogP contribution in [0.5, 0.6) is 0 Å². The molecule has 2 aliphatic rings. The molecule has 2 heterocycles. The van der Waals surface area contributed by atoms with Crippen LogP contribution in [0, 0.1) is 5.75 Å². The van der Waals surface area contributed by atoms with Crippen LogP contribution in [0.15, 0.2) is 24.3 Å². The molecule has 1 aromatic carbocycles. The lowest BCUT2D eigenvalue weighted by Crippen LogP contribution is -2.44. The third kappa shape index (κ3) is 2.67. The van der Waals surface area contributed by atoms with E-state index in [-0.39, 0.29) is 0 Å². The average molecular weight is 260 g/mol. The monoisotopic (exact) mass is 260 g/mol. The van der Waals surface area contributed by atoms with Gasteiger partial charge < -0.3 is 10.2 Å². The normalized spacial score (nSPS) is 25.1. The van der Waals surface area contributed by atoms with E-state index in [1.165, 1.54) is 29.8 Å². The summed E-state index contributed by atoms with van der Waals surface area (Å²) in [7, 11) is 0. The second-order valence-corrected chi connectivity index (χ2v) is 5.89. The van der Waals surface area contributed by atoms with Gasteiger partial charge in [-0.1, -0.05) is 18.2 Å². The Morgan fingerprint density at radius 2 is 2.06 bits per heavy atom. The number of thioether (sulfide) groups is 1. The van der Waals surface area contributed by atoms with E-state index >= 15 is 0 Å². The molecule has 3 heteroatoms. The third-order valence-electron chi connectivity index (χ3n) is 3.73. The van der Waals surface area contributed by atoms with Crippen LogP contribution in [0.25, 0.3) is 0 Å². The van der Waals surface area contributed by atoms with Crippen LogP contribution in [0.4, 0.5) is 5.69 Å². The number of anilines is 1. The smallest absolute Gasteiger partial charge is 0.0562 e. The molecule has 0 saturated carbocycles. The second-order valence-electron chi connectivity index (χ2n) is 4.96. The van der Waals surface area contributed by atoms with Crippen LogP contribution in [0.2, 0.25) is 0 Å². The van der Waals surface area contributed by atoms with Gasteiger partial charge in [0.1, 0.15) is 0 Å². The Hall–Kier alpha value is -0.670. The van der Waals surface area contributed by atoms with Crippen molar-refractivity contribution in [1.82, 2.24) is 5.32 Å². The minimum absolute atomic E-state index is 0.523. The van der Waals surface area contributed by atoms with Crippen molar-refractivity contribution < 1.29 is 0 Å². The standard InChI is InChI=1S/C15H20N2S/c1-2-6-15(17-9-7-16-8-10-17)14(5-1)13-4-3-11-18-12-13/h1-2,5-6,13,16H,3-4,7-11H2. The van der Waals surface area contributed by atoms with Crippen molar-refractivity contribution in [3.63, 3.8) is 0 Å². The van der Waals surface area contributed by atoms with E-state index in [4.69, 9.17) is 0 Å². The molecule has 2 saturated heterocycles. The Labute approximate surface area is 114 Å². The summed E-state index contributed by atoms with van der Waals surface area (Å²) in [4.78, 5) is 2.52. The summed E-state index contributed by atoms with van der Waals surface area (Å²) in [5.41, 5.74) is 2.91. The summed E-state index contributed by atoms with van der Waals surface area (Å²) in [5, 5.41) is 3.42. The van der Waals surface area contributed by atoms with Gasteiger partial charge in [-0.05, 0) is 30.2 Å². The van der Waals surface area contributed by atoms with Gasteiger partial charge in [-0.15, -0.1) is 0 Å². The highest BCUT2D eigenvalue weighted by molar-refractivity contribution is 8.01. The number of hydrogen-bond donors (Lipinski definition) is 1. The maximum Gasteiger partial charge on any atom is 0.0562 e. The largest absolute Gasteiger partial charge is 0.369 e. The second kappa shape index (κ2) is 5.98. The fourth-order valence-corrected chi connectivity index (χ4v) is 3.65. The number of nitrogens with one attached hydrogen (secondary N) is 1. The first kappa shape index (κ1) is 12.4. The Balaban J connectivity index is 1.83. The van der Waals surface area contributed by atoms with Gasteiger partial charge >= 0.3 is 0 Å². The fourth-order valence-electron chi connectivity index (χ4n) is 2.77. The lowest BCUT2D eigenvalue weighted by Gasteiger charge is -2.33. The number of piperazine rings is 1. The first-order valence-electron chi connectivity index (χ1n) is 6.87. The molecule has 3 rings (SSSR count). The van der Waals surface area contributed by atoms with Crippen molar-refractivity contribution in [3.8, 4) is 0 Å². The number of para-hydroxylation sites is 1. The quantitative estimate of drug-likeness (QED) is 0.880. The van der Waals surface area contributed by atoms with Gasteiger partial charge in [0, 0.05) is 37.8 Å². The van der Waals surface area contributed by atoms with Crippen LogP contribution in [0.1, 0.15) is 24.3 Å². The van der Waals surface area contributed by atoms with E-state index in [1.807, 2.05) is 11.8 Å². The van der Waals surface area contributed by atoms with Crippen molar-refractivity contribution in [3.05, 3.63) is 35.6 Å². The van der Waals surface area contributed by atoms with E-state index in [0.717, 1.165) is 26.2 Å². The molecule has 2 fully saturated rings. The lowest BCUT2D eigenvalue weighted by atomic mass is 9.93. The van der Waals surface area contributed by atoms with Crippen LogP contribution >= 0.6 is 11.8 Å². The fraction of sp³-hybridized carbons (Fsp3) is 0.533. The summed E-state index contributed by atoms with van der Waals surface area (Å²) in [6, 6.07) is 8.90. The van der Waals surface area contributed by atoms with Gasteiger partial charge in [0.2, 0.25) is 0 Å². The van der Waals surface area contributed by atoms with Gasteiger partial charge in [-0.3, -0.25) is 0 Å². The van der Waals surface area contributed by atoms with Crippen molar-refractivity contribution in [1.29, 1.82) is 0 Å². The van der Waals surface area contributed by atoms with Crippen LogP contribution < -0.4 is 10.2 Å². The van der Waals surface area contributed by atoms with Gasteiger partial charge in [0.15, 0.2) is 0 Å². The van der Waals surface area contributed by atoms with Gasteiger partial charge in [-0.25, -0.2) is 0 Å². The zero-order valence-corrected chi connectivity index (χ0v) is 11.5.